The van der Waals surface area contributed by atoms with Crippen LogP contribution in [0.1, 0.15) is 62.1 Å². The zero-order valence-corrected chi connectivity index (χ0v) is 51.0. The number of phenols is 7. The molecule has 27 heteroatoms. The second kappa shape index (κ2) is 34.7. The number of aromatic nitrogens is 4. The lowest BCUT2D eigenvalue weighted by atomic mass is 10.1. The van der Waals surface area contributed by atoms with Crippen molar-refractivity contribution in [3.63, 3.8) is 0 Å². The number of nitrogens with zero attached hydrogens (tertiary/aromatic N) is 4. The van der Waals surface area contributed by atoms with E-state index in [1.54, 1.807) is 158 Å². The van der Waals surface area contributed by atoms with Crippen molar-refractivity contribution >= 4 is 63.2 Å². The number of hydrogen-bond donors (Lipinski definition) is 13. The van der Waals surface area contributed by atoms with Crippen LogP contribution in [-0.4, -0.2) is 106 Å². The van der Waals surface area contributed by atoms with Gasteiger partial charge in [-0.15, -0.1) is 5.10 Å². The first-order chi connectivity index (χ1) is 46.1. The number of halogens is 1. The summed E-state index contributed by atoms with van der Waals surface area (Å²) in [7, 11) is 0. The number of carboxylic acid groups (broad SMARTS) is 2. The van der Waals surface area contributed by atoms with Crippen LogP contribution in [-0.2, 0) is 0 Å². The van der Waals surface area contributed by atoms with Gasteiger partial charge in [-0.2, -0.15) is 4.98 Å². The quantitative estimate of drug-likeness (QED) is 0.0248. The zero-order valence-electron chi connectivity index (χ0n) is 50.2. The summed E-state index contributed by atoms with van der Waals surface area (Å²) >= 11 is 5.11. The van der Waals surface area contributed by atoms with E-state index in [1.165, 1.54) is 89.6 Å². The Kier molecular flexibility index (Phi) is 25.9. The van der Waals surface area contributed by atoms with E-state index in [0.29, 0.717) is 44.9 Å². The number of aromatic carboxylic acids is 2. The van der Waals surface area contributed by atoms with Gasteiger partial charge in [0.05, 0.1) is 61.1 Å². The molecule has 26 nitrogen and oxygen atoms in total. The molecule has 97 heavy (non-hydrogen) atoms. The summed E-state index contributed by atoms with van der Waals surface area (Å²) in [4.78, 5) is 86.2. The van der Waals surface area contributed by atoms with E-state index in [-0.39, 0.29) is 96.4 Å². The van der Waals surface area contributed by atoms with Crippen molar-refractivity contribution in [2.24, 2.45) is 11.6 Å². The molecule has 0 saturated heterocycles. The van der Waals surface area contributed by atoms with E-state index in [1.807, 2.05) is 0 Å². The Hall–Kier alpha value is -13.7. The highest BCUT2D eigenvalue weighted by atomic mass is 35.5. The summed E-state index contributed by atoms with van der Waals surface area (Å²) in [5.41, 5.74) is 10.6. The SMILES string of the molecule is NC(=O)c1ccccc1O.NNc1ccc(C(=O)O)cc1.O.O=C(Cl)c1ccccc1O.O=C(NC(=O)c1ccccc1O)c1ccccc1O.O=C(O)c1ccc(-n2nc(-c3ccccc3O)nc2-c2ccccc2O)cc1.O=c1nc(-c2ccccc2O)oc2ccccc12. The molecule has 0 radical (unpaired) electrons. The van der Waals surface area contributed by atoms with Gasteiger partial charge in [0, 0.05) is 5.69 Å². The van der Waals surface area contributed by atoms with Gasteiger partial charge in [-0.25, -0.2) is 19.3 Å². The molecular weight excluding hydrogens is 1280 g/mol. The van der Waals surface area contributed by atoms with E-state index >= 15 is 0 Å². The topological polar surface area (TPSA) is 466 Å². The molecule has 17 N–H and O–H groups in total. The summed E-state index contributed by atoms with van der Waals surface area (Å²) in [6, 6.07) is 63.2. The standard InChI is InChI=1S/C21H15N3O4.C14H11NO4.C14H9NO3.C7H5ClO2.C7H8N2O2.C7H7NO2.H2O/c25-17-7-3-1-5-15(17)19-22-20(16-6-2-4-8-18(16)26)24(23-19)14-11-9-13(10-12-14)21(27)28;16-11-7-3-1-5-9(11)13(18)15-14(19)10-6-2-4-8-12(10)17;16-11-7-3-1-5-9(11)14-15-13(17)10-6-2-4-8-12(10)18-14;8-7(10)5-3-1-2-4-6(5)9;8-9-6-3-1-5(2-4-6)7(10)11;8-7(10)5-3-1-2-4-6(5)9;/h1-12,25-26H,(H,27,28);1-8,16-17H,(H,15,18,19);1-8,16H;1-4,9H;1-4,9H,8H2,(H,10,11);1-4,9H,(H2,8,10);1H2. The number of nitrogens with one attached hydrogen (secondary N) is 2. The maximum Gasteiger partial charge on any atom is 0.335 e. The van der Waals surface area contributed by atoms with Crippen LogP contribution in [0.15, 0.2) is 252 Å². The molecule has 2 aromatic heterocycles. The molecule has 10 aromatic carbocycles. The summed E-state index contributed by atoms with van der Waals surface area (Å²) in [5.74, 6) is 1.30. The van der Waals surface area contributed by atoms with Gasteiger partial charge in [-0.1, -0.05) is 97.1 Å². The Balaban J connectivity index is 0.000000192. The van der Waals surface area contributed by atoms with Crippen LogP contribution in [0.2, 0.25) is 0 Å². The lowest BCUT2D eigenvalue weighted by Crippen LogP contribution is -2.30. The molecule has 0 saturated carbocycles. The number of nitrogen functional groups attached to an aromatic ring is 1. The normalized spacial score (nSPS) is 9.96. The number of carboxylic acids is 2. The highest BCUT2D eigenvalue weighted by molar-refractivity contribution is 6.68. The van der Waals surface area contributed by atoms with E-state index in [9.17, 15) is 59.1 Å². The fourth-order valence-electron chi connectivity index (χ4n) is 8.23. The lowest BCUT2D eigenvalue weighted by Gasteiger charge is -2.07. The third-order valence-corrected chi connectivity index (χ3v) is 13.2. The number of fused-ring (bicyclic) bond motifs is 1. The van der Waals surface area contributed by atoms with Gasteiger partial charge in [-0.05, 0) is 157 Å². The Morgan fingerprint density at radius 3 is 1.23 bits per heavy atom. The second-order valence-electron chi connectivity index (χ2n) is 19.4. The Labute approximate surface area is 554 Å². The minimum atomic E-state index is -1.03. The molecule has 2 heterocycles. The van der Waals surface area contributed by atoms with Crippen LogP contribution in [0.5, 0.6) is 40.2 Å². The van der Waals surface area contributed by atoms with Crippen LogP contribution in [0.4, 0.5) is 5.69 Å². The van der Waals surface area contributed by atoms with Gasteiger partial charge in [0.15, 0.2) is 11.6 Å². The molecule has 0 aliphatic rings. The number of rotatable bonds is 11. The number of anilines is 1. The van der Waals surface area contributed by atoms with Crippen molar-refractivity contribution < 1.29 is 84.6 Å². The first-order valence-corrected chi connectivity index (χ1v) is 28.3. The van der Waals surface area contributed by atoms with Crippen LogP contribution in [0, 0.1) is 0 Å². The number of carbonyl (C=O) groups excluding carboxylic acids is 4. The number of amides is 3. The number of hydrazine groups is 1. The van der Waals surface area contributed by atoms with Gasteiger partial charge in [-0.3, -0.25) is 35.1 Å². The molecule has 12 aromatic rings. The van der Waals surface area contributed by atoms with E-state index in [4.69, 9.17) is 48.0 Å². The molecule has 0 fully saturated rings. The maximum absolute atomic E-state index is 11.8. The number of imide groups is 1. The summed E-state index contributed by atoms with van der Waals surface area (Å²) in [6.45, 7) is 0. The van der Waals surface area contributed by atoms with E-state index in [0.717, 1.165) is 0 Å². The zero-order chi connectivity index (χ0) is 69.4. The van der Waals surface area contributed by atoms with Crippen molar-refractivity contribution in [3.8, 4) is 80.2 Å². The smallest absolute Gasteiger partial charge is 0.335 e. The second-order valence-corrected chi connectivity index (χ2v) is 19.8. The molecule has 492 valence electrons. The Morgan fingerprint density at radius 1 is 0.443 bits per heavy atom. The summed E-state index contributed by atoms with van der Waals surface area (Å²) < 4.78 is 7.04. The fraction of sp³-hybridized carbons (Fsp3) is 0. The molecule has 0 bridgehead atoms. The predicted molar refractivity (Wildman–Crippen MR) is 358 cm³/mol. The third-order valence-electron chi connectivity index (χ3n) is 13.0. The van der Waals surface area contributed by atoms with Crippen LogP contribution in [0.3, 0.4) is 0 Å². The first kappa shape index (κ1) is 72.4. The number of benzene rings is 10. The number of hydrogen-bond acceptors (Lipinski definition) is 20. The molecule has 0 aliphatic carbocycles. The fourth-order valence-corrected chi connectivity index (χ4v) is 8.39. The van der Waals surface area contributed by atoms with Gasteiger partial charge >= 0.3 is 11.9 Å². The van der Waals surface area contributed by atoms with Crippen LogP contribution >= 0.6 is 11.6 Å². The Bertz CT molecular complexity index is 4710. The number of nitrogens with two attached hydrogens (primary N) is 2. The predicted octanol–water partition coefficient (Wildman–Crippen LogP) is 10.0. The van der Waals surface area contributed by atoms with Gasteiger partial charge < -0.3 is 67.0 Å². The van der Waals surface area contributed by atoms with Crippen LogP contribution < -0.4 is 27.9 Å². The summed E-state index contributed by atoms with van der Waals surface area (Å²) in [5, 5.41) is 91.1. The van der Waals surface area contributed by atoms with Gasteiger partial charge in [0.25, 0.3) is 28.5 Å². The summed E-state index contributed by atoms with van der Waals surface area (Å²) in [6.07, 6.45) is 0. The highest BCUT2D eigenvalue weighted by Crippen LogP contribution is 2.34. The van der Waals surface area contributed by atoms with Gasteiger partial charge in [0.1, 0.15) is 45.8 Å². The molecule has 3 amide bonds. The number of aromatic hydroxyl groups is 7. The molecule has 12 rings (SSSR count). The number of carbonyl (C=O) groups is 6. The monoisotopic (exact) mass is 1330 g/mol. The maximum atomic E-state index is 11.8. The Morgan fingerprint density at radius 2 is 0.825 bits per heavy atom. The molecule has 0 spiro atoms. The average Bonchev–Trinajstić information content (AvgIpc) is 1.69. The minimum absolute atomic E-state index is 0. The molecule has 0 aliphatic heterocycles. The van der Waals surface area contributed by atoms with Gasteiger partial charge in [0.2, 0.25) is 5.89 Å². The number of primary amides is 1. The van der Waals surface area contributed by atoms with E-state index < -0.39 is 34.9 Å². The molecule has 0 unspecified atom stereocenters. The third kappa shape index (κ3) is 19.7. The average molecular weight is 1330 g/mol. The highest BCUT2D eigenvalue weighted by Gasteiger charge is 2.21. The number of para-hydroxylation sites is 8. The van der Waals surface area contributed by atoms with Crippen molar-refractivity contribution in [2.45, 2.75) is 0 Å². The van der Waals surface area contributed by atoms with Crippen molar-refractivity contribution in [2.75, 3.05) is 5.43 Å². The van der Waals surface area contributed by atoms with Crippen molar-refractivity contribution in [3.05, 3.63) is 286 Å². The van der Waals surface area contributed by atoms with Crippen molar-refractivity contribution in [1.29, 1.82) is 0 Å². The number of phenolic OH excluding ortho intramolecular Hbond substituents is 6. The molecular formula is C70H57ClN8O18. The molecule has 0 atom stereocenters. The van der Waals surface area contributed by atoms with Crippen molar-refractivity contribution in [1.82, 2.24) is 25.1 Å². The largest absolute Gasteiger partial charge is 0.507 e. The first-order valence-electron chi connectivity index (χ1n) is 27.9. The van der Waals surface area contributed by atoms with Crippen LogP contribution in [0.25, 0.3) is 50.9 Å². The lowest BCUT2D eigenvalue weighted by molar-refractivity contribution is 0.0686. The van der Waals surface area contributed by atoms with E-state index in [2.05, 4.69) is 25.8 Å². The minimum Gasteiger partial charge on any atom is -0.507 e.